The van der Waals surface area contributed by atoms with Gasteiger partial charge in [0.15, 0.2) is 5.78 Å². The van der Waals surface area contributed by atoms with Crippen LogP contribution < -0.4 is 0 Å². The minimum Gasteiger partial charge on any atom is -0.392 e. The molecule has 2 N–H and O–H groups in total. The van der Waals surface area contributed by atoms with Crippen LogP contribution in [-0.4, -0.2) is 33.5 Å². The highest BCUT2D eigenvalue weighted by Crippen LogP contribution is 2.65. The normalized spacial score (nSPS) is 48.8. The summed E-state index contributed by atoms with van der Waals surface area (Å²) in [5.74, 6) is 0.197. The lowest BCUT2D eigenvalue weighted by Crippen LogP contribution is -2.58. The monoisotopic (exact) mass is 344 g/mol. The molecule has 0 spiro atoms. The number of aliphatic hydroxyl groups excluding tert-OH is 1. The molecule has 0 amide bonds. The second-order valence-electron chi connectivity index (χ2n) is 9.17. The van der Waals surface area contributed by atoms with Gasteiger partial charge in [-0.1, -0.05) is 37.1 Å². The van der Waals surface area contributed by atoms with Gasteiger partial charge in [0.25, 0.3) is 0 Å². The molecular formula is C21H28O4. The number of allylic oxidation sites excluding steroid dienone is 3. The van der Waals surface area contributed by atoms with Gasteiger partial charge in [-0.15, -0.1) is 0 Å². The SMILES string of the molecule is CC(=O)[C@@]1(O)CC[C@H]2C3=CC=C4CC(=O)CC[C@@]4(C)[C@@H]3C(O)C[C@@]21C. The van der Waals surface area contributed by atoms with Gasteiger partial charge in [-0.3, -0.25) is 9.59 Å². The molecule has 3 fully saturated rings. The molecule has 4 aliphatic carbocycles. The summed E-state index contributed by atoms with van der Waals surface area (Å²) >= 11 is 0. The second-order valence-corrected chi connectivity index (χ2v) is 9.17. The summed E-state index contributed by atoms with van der Waals surface area (Å²) in [5.41, 5.74) is 0.166. The molecule has 0 aromatic carbocycles. The van der Waals surface area contributed by atoms with Crippen molar-refractivity contribution in [2.75, 3.05) is 0 Å². The predicted octanol–water partition coefficient (Wildman–Crippen LogP) is 2.73. The van der Waals surface area contributed by atoms with Crippen molar-refractivity contribution in [3.05, 3.63) is 23.3 Å². The van der Waals surface area contributed by atoms with Crippen LogP contribution in [0.15, 0.2) is 23.3 Å². The fourth-order valence-corrected chi connectivity index (χ4v) is 6.54. The van der Waals surface area contributed by atoms with Gasteiger partial charge in [-0.25, -0.2) is 0 Å². The zero-order valence-electron chi connectivity index (χ0n) is 15.3. The first-order valence-corrected chi connectivity index (χ1v) is 9.48. The van der Waals surface area contributed by atoms with Crippen molar-refractivity contribution < 1.29 is 19.8 Å². The molecule has 136 valence electrons. The third kappa shape index (κ3) is 2.01. The Morgan fingerprint density at radius 1 is 1.24 bits per heavy atom. The van der Waals surface area contributed by atoms with Gasteiger partial charge < -0.3 is 10.2 Å². The van der Waals surface area contributed by atoms with E-state index in [0.29, 0.717) is 25.7 Å². The number of Topliss-reactive ketones (excluding diaryl/α,β-unsaturated/α-hetero) is 2. The summed E-state index contributed by atoms with van der Waals surface area (Å²) in [6.07, 6.45) is 7.07. The smallest absolute Gasteiger partial charge is 0.161 e. The van der Waals surface area contributed by atoms with Gasteiger partial charge in [-0.05, 0) is 43.9 Å². The highest BCUT2D eigenvalue weighted by molar-refractivity contribution is 5.86. The summed E-state index contributed by atoms with van der Waals surface area (Å²) in [5, 5.41) is 22.2. The molecule has 0 aromatic rings. The Morgan fingerprint density at radius 2 is 1.96 bits per heavy atom. The molecule has 0 aromatic heterocycles. The van der Waals surface area contributed by atoms with Crippen molar-refractivity contribution in [3.63, 3.8) is 0 Å². The van der Waals surface area contributed by atoms with Crippen LogP contribution in [0.25, 0.3) is 0 Å². The van der Waals surface area contributed by atoms with Crippen LogP contribution in [0, 0.1) is 22.7 Å². The van der Waals surface area contributed by atoms with Crippen LogP contribution in [0.1, 0.15) is 59.3 Å². The van der Waals surface area contributed by atoms with Crippen molar-refractivity contribution in [2.24, 2.45) is 22.7 Å². The van der Waals surface area contributed by atoms with Gasteiger partial charge in [0.05, 0.1) is 6.10 Å². The van der Waals surface area contributed by atoms with Crippen LogP contribution in [0.5, 0.6) is 0 Å². The topological polar surface area (TPSA) is 74.6 Å². The van der Waals surface area contributed by atoms with Gasteiger partial charge in [0, 0.05) is 24.2 Å². The zero-order valence-corrected chi connectivity index (χ0v) is 15.3. The van der Waals surface area contributed by atoms with E-state index in [4.69, 9.17) is 0 Å². The number of ketones is 2. The van der Waals surface area contributed by atoms with Crippen molar-refractivity contribution in [2.45, 2.75) is 71.0 Å². The Balaban J connectivity index is 1.81. The van der Waals surface area contributed by atoms with Crippen molar-refractivity contribution in [1.29, 1.82) is 0 Å². The summed E-state index contributed by atoms with van der Waals surface area (Å²) in [4.78, 5) is 24.1. The van der Waals surface area contributed by atoms with Gasteiger partial charge in [0.1, 0.15) is 11.4 Å². The Labute approximate surface area is 149 Å². The Hall–Kier alpha value is -1.26. The van der Waals surface area contributed by atoms with Crippen molar-refractivity contribution in [3.8, 4) is 0 Å². The number of carbonyl (C=O) groups excluding carboxylic acids is 2. The fourth-order valence-electron chi connectivity index (χ4n) is 6.54. The zero-order chi connectivity index (χ0) is 18.2. The standard InChI is InChI=1S/C21H28O4/c1-12(22)21(25)9-7-16-15-5-4-13-10-14(23)6-8-19(13,2)18(15)17(24)11-20(16,21)3/h4-5,16-18,24-25H,6-11H2,1-3H3/t16-,17?,18-,19+,20-,21-/m0/s1. The summed E-state index contributed by atoms with van der Waals surface area (Å²) in [6, 6.07) is 0. The minimum absolute atomic E-state index is 0.00650. The van der Waals surface area contributed by atoms with E-state index in [2.05, 4.69) is 19.1 Å². The summed E-state index contributed by atoms with van der Waals surface area (Å²) in [6.45, 7) is 5.62. The first-order valence-electron chi connectivity index (χ1n) is 9.48. The highest BCUT2D eigenvalue weighted by Gasteiger charge is 2.65. The lowest BCUT2D eigenvalue weighted by atomic mass is 9.49. The number of carbonyl (C=O) groups is 2. The van der Waals surface area contributed by atoms with Gasteiger partial charge in [0.2, 0.25) is 0 Å². The number of aliphatic hydroxyl groups is 2. The molecule has 4 heteroatoms. The molecule has 0 bridgehead atoms. The summed E-state index contributed by atoms with van der Waals surface area (Å²) in [7, 11) is 0. The van der Waals surface area contributed by atoms with Gasteiger partial charge in [-0.2, -0.15) is 0 Å². The van der Waals surface area contributed by atoms with Crippen molar-refractivity contribution >= 4 is 11.6 Å². The number of hydrogen-bond donors (Lipinski definition) is 2. The maximum absolute atomic E-state index is 12.2. The average Bonchev–Trinajstić information content (AvgIpc) is 2.80. The lowest BCUT2D eigenvalue weighted by molar-refractivity contribution is -0.157. The fraction of sp³-hybridized carbons (Fsp3) is 0.714. The molecule has 3 saturated carbocycles. The Kier molecular flexibility index (Phi) is 3.53. The third-order valence-electron chi connectivity index (χ3n) is 8.08. The maximum Gasteiger partial charge on any atom is 0.161 e. The molecular weight excluding hydrogens is 316 g/mol. The number of rotatable bonds is 1. The largest absolute Gasteiger partial charge is 0.392 e. The predicted molar refractivity (Wildman–Crippen MR) is 93.7 cm³/mol. The molecule has 1 unspecified atom stereocenters. The van der Waals surface area contributed by atoms with E-state index in [1.54, 1.807) is 0 Å². The molecule has 25 heavy (non-hydrogen) atoms. The lowest BCUT2D eigenvalue weighted by Gasteiger charge is -2.56. The molecule has 4 nitrogen and oxygen atoms in total. The second kappa shape index (κ2) is 5.14. The number of hydrogen-bond acceptors (Lipinski definition) is 4. The van der Waals surface area contributed by atoms with E-state index < -0.39 is 17.1 Å². The van der Waals surface area contributed by atoms with E-state index in [0.717, 1.165) is 18.4 Å². The molecule has 4 aliphatic rings. The van der Waals surface area contributed by atoms with Crippen LogP contribution in [0.2, 0.25) is 0 Å². The number of fused-ring (bicyclic) bond motifs is 5. The van der Waals surface area contributed by atoms with Crippen molar-refractivity contribution in [1.82, 2.24) is 0 Å². The van der Waals surface area contributed by atoms with Crippen LogP contribution >= 0.6 is 0 Å². The molecule has 0 radical (unpaired) electrons. The summed E-state index contributed by atoms with van der Waals surface area (Å²) < 4.78 is 0. The van der Waals surface area contributed by atoms with Gasteiger partial charge >= 0.3 is 0 Å². The minimum atomic E-state index is -1.35. The quantitative estimate of drug-likeness (QED) is 0.767. The third-order valence-corrected chi connectivity index (χ3v) is 8.08. The van der Waals surface area contributed by atoms with E-state index in [1.165, 1.54) is 12.5 Å². The van der Waals surface area contributed by atoms with E-state index >= 15 is 0 Å². The molecule has 0 heterocycles. The van der Waals surface area contributed by atoms with E-state index in [-0.39, 0.29) is 28.8 Å². The van der Waals surface area contributed by atoms with Crippen LogP contribution in [-0.2, 0) is 9.59 Å². The van der Waals surface area contributed by atoms with Crippen LogP contribution in [0.3, 0.4) is 0 Å². The molecule has 0 saturated heterocycles. The molecule has 4 rings (SSSR count). The Morgan fingerprint density at radius 3 is 2.64 bits per heavy atom. The van der Waals surface area contributed by atoms with E-state index in [1.807, 2.05) is 6.92 Å². The highest BCUT2D eigenvalue weighted by atomic mass is 16.3. The average molecular weight is 344 g/mol. The van der Waals surface area contributed by atoms with E-state index in [9.17, 15) is 19.8 Å². The first kappa shape index (κ1) is 17.2. The molecule has 6 atom stereocenters. The van der Waals surface area contributed by atoms with Crippen LogP contribution in [0.4, 0.5) is 0 Å². The first-order chi connectivity index (χ1) is 11.6. The Bertz CT molecular complexity index is 719. The maximum atomic E-state index is 12.2. The molecule has 0 aliphatic heterocycles.